The van der Waals surface area contributed by atoms with Crippen molar-refractivity contribution in [2.24, 2.45) is 0 Å². The number of benzene rings is 1. The van der Waals surface area contributed by atoms with E-state index in [1.54, 1.807) is 19.2 Å². The van der Waals surface area contributed by atoms with Crippen LogP contribution >= 0.6 is 0 Å². The Kier molecular flexibility index (Phi) is 3.88. The van der Waals surface area contributed by atoms with Gasteiger partial charge in [0.1, 0.15) is 12.4 Å². The van der Waals surface area contributed by atoms with Gasteiger partial charge in [-0.25, -0.2) is 8.42 Å². The molecule has 0 atom stereocenters. The molecule has 0 unspecified atom stereocenters. The van der Waals surface area contributed by atoms with Crippen molar-refractivity contribution in [2.45, 2.75) is 18.4 Å². The number of aryl methyl sites for hydroxylation is 1. The number of aromatic nitrogens is 1. The van der Waals surface area contributed by atoms with Gasteiger partial charge in [-0.2, -0.15) is 0 Å². The van der Waals surface area contributed by atoms with Crippen LogP contribution in [0.5, 0.6) is 5.75 Å². The summed E-state index contributed by atoms with van der Waals surface area (Å²) < 4.78 is 29.4. The first-order chi connectivity index (χ1) is 10.4. The number of nitrogens with zero attached hydrogens (tertiary/aromatic N) is 1. The van der Waals surface area contributed by atoms with Crippen LogP contribution in [0.15, 0.2) is 35.4 Å². The van der Waals surface area contributed by atoms with E-state index >= 15 is 0 Å². The standard InChI is InChI=1S/C16H18N2O3S/c1-11-16(22(2,19)20)8-13(10-18-11)12-3-4-15-14(7-12)9-17-5-6-21-15/h3-4,7-8,10,17H,5-6,9H2,1-2H3. The molecule has 3 rings (SSSR count). The lowest BCUT2D eigenvalue weighted by Crippen LogP contribution is -2.16. The first kappa shape index (κ1) is 15.0. The van der Waals surface area contributed by atoms with Crippen LogP contribution in [0.25, 0.3) is 11.1 Å². The van der Waals surface area contributed by atoms with Crippen molar-refractivity contribution in [2.75, 3.05) is 19.4 Å². The number of ether oxygens (including phenoxy) is 1. The molecule has 5 nitrogen and oxygen atoms in total. The summed E-state index contributed by atoms with van der Waals surface area (Å²) in [6, 6.07) is 7.57. The summed E-state index contributed by atoms with van der Waals surface area (Å²) in [5.41, 5.74) is 3.31. The zero-order valence-electron chi connectivity index (χ0n) is 12.6. The molecule has 116 valence electrons. The fourth-order valence-corrected chi connectivity index (χ4v) is 3.47. The van der Waals surface area contributed by atoms with Crippen LogP contribution in [0.2, 0.25) is 0 Å². The van der Waals surface area contributed by atoms with E-state index in [0.717, 1.165) is 35.5 Å². The Morgan fingerprint density at radius 2 is 2.05 bits per heavy atom. The zero-order chi connectivity index (χ0) is 15.7. The Morgan fingerprint density at radius 3 is 2.82 bits per heavy atom. The molecule has 0 aliphatic carbocycles. The largest absolute Gasteiger partial charge is 0.492 e. The second-order valence-corrected chi connectivity index (χ2v) is 7.41. The molecule has 1 aliphatic heterocycles. The number of rotatable bonds is 2. The highest BCUT2D eigenvalue weighted by atomic mass is 32.2. The number of hydrogen-bond donors (Lipinski definition) is 1. The van der Waals surface area contributed by atoms with Crippen LogP contribution in [0.4, 0.5) is 0 Å². The lowest BCUT2D eigenvalue weighted by atomic mass is 10.0. The van der Waals surface area contributed by atoms with Crippen molar-refractivity contribution >= 4 is 9.84 Å². The molecule has 2 aromatic rings. The van der Waals surface area contributed by atoms with E-state index in [-0.39, 0.29) is 4.90 Å². The Morgan fingerprint density at radius 1 is 1.23 bits per heavy atom. The Balaban J connectivity index is 2.07. The molecule has 6 heteroatoms. The topological polar surface area (TPSA) is 68.3 Å². The molecule has 0 saturated heterocycles. The summed E-state index contributed by atoms with van der Waals surface area (Å²) in [4.78, 5) is 4.50. The average Bonchev–Trinajstić information content (AvgIpc) is 2.71. The Hall–Kier alpha value is -1.92. The minimum Gasteiger partial charge on any atom is -0.492 e. The minimum atomic E-state index is -3.29. The van der Waals surface area contributed by atoms with Gasteiger partial charge >= 0.3 is 0 Å². The number of hydrogen-bond acceptors (Lipinski definition) is 5. The van der Waals surface area contributed by atoms with Gasteiger partial charge in [-0.05, 0) is 30.7 Å². The molecular weight excluding hydrogens is 300 g/mol. The average molecular weight is 318 g/mol. The van der Waals surface area contributed by atoms with Crippen LogP contribution in [0, 0.1) is 6.92 Å². The summed E-state index contributed by atoms with van der Waals surface area (Å²) in [5.74, 6) is 0.872. The Labute approximate surface area is 130 Å². The van der Waals surface area contributed by atoms with E-state index in [4.69, 9.17) is 4.74 Å². The quantitative estimate of drug-likeness (QED) is 0.916. The van der Waals surface area contributed by atoms with E-state index in [0.29, 0.717) is 12.3 Å². The second kappa shape index (κ2) is 5.70. The maximum Gasteiger partial charge on any atom is 0.177 e. The molecule has 1 aromatic heterocycles. The van der Waals surface area contributed by atoms with Gasteiger partial charge in [-0.1, -0.05) is 6.07 Å². The van der Waals surface area contributed by atoms with Crippen molar-refractivity contribution in [1.29, 1.82) is 0 Å². The molecule has 1 aliphatic rings. The molecule has 1 N–H and O–H groups in total. The molecule has 0 radical (unpaired) electrons. The Bertz CT molecular complexity index is 816. The predicted molar refractivity (Wildman–Crippen MR) is 84.7 cm³/mol. The summed E-state index contributed by atoms with van der Waals surface area (Å²) >= 11 is 0. The van der Waals surface area contributed by atoms with Crippen LogP contribution in [-0.2, 0) is 16.4 Å². The third kappa shape index (κ3) is 2.98. The van der Waals surface area contributed by atoms with Crippen molar-refractivity contribution < 1.29 is 13.2 Å². The van der Waals surface area contributed by atoms with Crippen LogP contribution in [-0.4, -0.2) is 32.8 Å². The van der Waals surface area contributed by atoms with Gasteiger partial charge in [0.15, 0.2) is 9.84 Å². The fraction of sp³-hybridized carbons (Fsp3) is 0.312. The molecule has 2 heterocycles. The lowest BCUT2D eigenvalue weighted by molar-refractivity contribution is 0.326. The van der Waals surface area contributed by atoms with Gasteiger partial charge in [-0.15, -0.1) is 0 Å². The van der Waals surface area contributed by atoms with Gasteiger partial charge < -0.3 is 10.1 Å². The monoisotopic (exact) mass is 318 g/mol. The van der Waals surface area contributed by atoms with E-state index < -0.39 is 9.84 Å². The minimum absolute atomic E-state index is 0.273. The third-order valence-electron chi connectivity index (χ3n) is 3.69. The second-order valence-electron chi connectivity index (χ2n) is 5.43. The highest BCUT2D eigenvalue weighted by Gasteiger charge is 2.15. The van der Waals surface area contributed by atoms with E-state index in [1.807, 2.05) is 18.2 Å². The van der Waals surface area contributed by atoms with Crippen molar-refractivity contribution in [3.8, 4) is 16.9 Å². The van der Waals surface area contributed by atoms with E-state index in [2.05, 4.69) is 10.3 Å². The molecule has 1 aromatic carbocycles. The number of fused-ring (bicyclic) bond motifs is 1. The van der Waals surface area contributed by atoms with Gasteiger partial charge in [0.2, 0.25) is 0 Å². The molecular formula is C16H18N2O3S. The summed E-state index contributed by atoms with van der Waals surface area (Å²) in [7, 11) is -3.29. The van der Waals surface area contributed by atoms with Crippen LogP contribution in [0.1, 0.15) is 11.3 Å². The predicted octanol–water partition coefficient (Wildman–Crippen LogP) is 1.94. The van der Waals surface area contributed by atoms with Gasteiger partial charge in [-0.3, -0.25) is 4.98 Å². The van der Waals surface area contributed by atoms with Crippen molar-refractivity contribution in [3.63, 3.8) is 0 Å². The molecule has 22 heavy (non-hydrogen) atoms. The summed E-state index contributed by atoms with van der Waals surface area (Å²) in [6.07, 6.45) is 2.91. The normalized spacial score (nSPS) is 14.8. The van der Waals surface area contributed by atoms with Gasteiger partial charge in [0, 0.05) is 36.7 Å². The number of nitrogens with one attached hydrogen (secondary N) is 1. The van der Waals surface area contributed by atoms with E-state index in [9.17, 15) is 8.42 Å². The van der Waals surface area contributed by atoms with Crippen LogP contribution in [0.3, 0.4) is 0 Å². The van der Waals surface area contributed by atoms with Crippen molar-refractivity contribution in [1.82, 2.24) is 10.3 Å². The maximum absolute atomic E-state index is 11.8. The summed E-state index contributed by atoms with van der Waals surface area (Å²) in [6.45, 7) is 3.90. The van der Waals surface area contributed by atoms with E-state index in [1.165, 1.54) is 6.26 Å². The SMILES string of the molecule is Cc1ncc(-c2ccc3c(c2)CNCCO3)cc1S(C)(=O)=O. The maximum atomic E-state index is 11.8. The van der Waals surface area contributed by atoms with Crippen molar-refractivity contribution in [3.05, 3.63) is 41.7 Å². The molecule has 0 fully saturated rings. The first-order valence-corrected chi connectivity index (χ1v) is 8.98. The van der Waals surface area contributed by atoms with Gasteiger partial charge in [0.05, 0.1) is 10.6 Å². The molecule has 0 spiro atoms. The number of sulfone groups is 1. The smallest absolute Gasteiger partial charge is 0.177 e. The molecule has 0 saturated carbocycles. The third-order valence-corrected chi connectivity index (χ3v) is 4.90. The first-order valence-electron chi connectivity index (χ1n) is 7.09. The highest BCUT2D eigenvalue weighted by Crippen LogP contribution is 2.29. The molecule has 0 bridgehead atoms. The van der Waals surface area contributed by atoms with Gasteiger partial charge in [0.25, 0.3) is 0 Å². The zero-order valence-corrected chi connectivity index (χ0v) is 13.4. The molecule has 0 amide bonds. The summed E-state index contributed by atoms with van der Waals surface area (Å²) in [5, 5.41) is 3.29. The lowest BCUT2D eigenvalue weighted by Gasteiger charge is -2.10. The van der Waals surface area contributed by atoms with Crippen LogP contribution < -0.4 is 10.1 Å². The fourth-order valence-electron chi connectivity index (χ4n) is 2.54. The number of pyridine rings is 1. The highest BCUT2D eigenvalue weighted by molar-refractivity contribution is 7.90.